The first-order valence-electron chi connectivity index (χ1n) is 6.17. The lowest BCUT2D eigenvalue weighted by Crippen LogP contribution is -2.37. The van der Waals surface area contributed by atoms with Crippen molar-refractivity contribution in [1.82, 2.24) is 4.90 Å². The van der Waals surface area contributed by atoms with Crippen LogP contribution in [0.3, 0.4) is 0 Å². The lowest BCUT2D eigenvalue weighted by Gasteiger charge is -2.20. The highest BCUT2D eigenvalue weighted by molar-refractivity contribution is 6.30. The normalized spacial score (nSPS) is 20.1. The molecule has 7 heteroatoms. The summed E-state index contributed by atoms with van der Waals surface area (Å²) in [4.78, 5) is 13.9. The first kappa shape index (κ1) is 15.1. The molecule has 1 unspecified atom stereocenters. The predicted molar refractivity (Wildman–Crippen MR) is 70.7 cm³/mol. The van der Waals surface area contributed by atoms with Crippen LogP contribution in [0.2, 0.25) is 5.02 Å². The molecule has 1 atom stereocenters. The van der Waals surface area contributed by atoms with Crippen LogP contribution in [0.15, 0.2) is 18.2 Å². The molecular weight excluding hydrogens is 293 g/mol. The molecule has 20 heavy (non-hydrogen) atoms. The maximum atomic E-state index is 12.9. The van der Waals surface area contributed by atoms with Crippen LogP contribution in [-0.4, -0.2) is 30.4 Å². The van der Waals surface area contributed by atoms with Crippen LogP contribution in [0.5, 0.6) is 0 Å². The molecule has 0 aromatic heterocycles. The molecule has 0 saturated carbocycles. The highest BCUT2D eigenvalue weighted by Gasteiger charge is 2.35. The van der Waals surface area contributed by atoms with E-state index in [0.29, 0.717) is 6.42 Å². The number of nitrogens with one attached hydrogen (secondary N) is 1. The number of nitrogens with zero attached hydrogens (tertiary/aromatic N) is 1. The van der Waals surface area contributed by atoms with Crippen molar-refractivity contribution in [2.45, 2.75) is 25.1 Å². The monoisotopic (exact) mass is 306 g/mol. The van der Waals surface area contributed by atoms with Gasteiger partial charge in [-0.3, -0.25) is 9.69 Å². The van der Waals surface area contributed by atoms with E-state index in [1.54, 1.807) is 7.05 Å². The topological polar surface area (TPSA) is 32.3 Å². The molecule has 1 amide bonds. The lowest BCUT2D eigenvalue weighted by molar-refractivity contribution is -0.137. The predicted octanol–water partition coefficient (Wildman–Crippen LogP) is 3.39. The quantitative estimate of drug-likeness (QED) is 0.908. The summed E-state index contributed by atoms with van der Waals surface area (Å²) in [6.45, 7) is 0.769. The lowest BCUT2D eigenvalue weighted by atomic mass is 10.1. The van der Waals surface area contributed by atoms with Gasteiger partial charge < -0.3 is 5.32 Å². The minimum Gasteiger partial charge on any atom is -0.324 e. The molecule has 1 aromatic rings. The Balaban J connectivity index is 2.23. The van der Waals surface area contributed by atoms with E-state index in [0.717, 1.165) is 19.0 Å². The second kappa shape index (κ2) is 5.61. The van der Waals surface area contributed by atoms with E-state index in [2.05, 4.69) is 5.32 Å². The Morgan fingerprint density at radius 3 is 2.70 bits per heavy atom. The first-order valence-corrected chi connectivity index (χ1v) is 6.54. The van der Waals surface area contributed by atoms with Crippen LogP contribution in [0.25, 0.3) is 0 Å². The summed E-state index contributed by atoms with van der Waals surface area (Å²) in [5, 5.41) is 2.34. The molecule has 1 saturated heterocycles. The number of hydrogen-bond acceptors (Lipinski definition) is 2. The van der Waals surface area contributed by atoms with Gasteiger partial charge in [0.1, 0.15) is 0 Å². The molecule has 1 fully saturated rings. The van der Waals surface area contributed by atoms with Crippen molar-refractivity contribution in [3.63, 3.8) is 0 Å². The fraction of sp³-hybridized carbons (Fsp3) is 0.462. The van der Waals surface area contributed by atoms with Gasteiger partial charge in [0.05, 0.1) is 17.3 Å². The van der Waals surface area contributed by atoms with Crippen LogP contribution in [0.1, 0.15) is 18.4 Å². The van der Waals surface area contributed by atoms with Crippen LogP contribution < -0.4 is 5.32 Å². The Morgan fingerprint density at radius 1 is 1.45 bits per heavy atom. The van der Waals surface area contributed by atoms with Gasteiger partial charge in [0, 0.05) is 5.02 Å². The van der Waals surface area contributed by atoms with E-state index in [1.165, 1.54) is 12.1 Å². The Labute approximate surface area is 119 Å². The third-order valence-corrected chi connectivity index (χ3v) is 3.60. The van der Waals surface area contributed by atoms with Crippen molar-refractivity contribution in [1.29, 1.82) is 0 Å². The van der Waals surface area contributed by atoms with Gasteiger partial charge in [-0.15, -0.1) is 0 Å². The molecule has 1 N–H and O–H groups in total. The second-order valence-electron chi connectivity index (χ2n) is 4.82. The molecule has 0 bridgehead atoms. The molecule has 1 aromatic carbocycles. The smallest absolute Gasteiger partial charge is 0.324 e. The van der Waals surface area contributed by atoms with Crippen molar-refractivity contribution in [2.75, 3.05) is 18.9 Å². The van der Waals surface area contributed by atoms with E-state index in [-0.39, 0.29) is 16.8 Å². The molecule has 1 aliphatic rings. The fourth-order valence-corrected chi connectivity index (χ4v) is 2.49. The summed E-state index contributed by atoms with van der Waals surface area (Å²) in [6, 6.07) is 2.94. The van der Waals surface area contributed by atoms with E-state index < -0.39 is 17.6 Å². The van der Waals surface area contributed by atoms with Gasteiger partial charge in [0.15, 0.2) is 0 Å². The maximum absolute atomic E-state index is 12.9. The van der Waals surface area contributed by atoms with E-state index in [9.17, 15) is 18.0 Å². The second-order valence-corrected chi connectivity index (χ2v) is 5.25. The summed E-state index contributed by atoms with van der Waals surface area (Å²) >= 11 is 5.59. The number of benzene rings is 1. The molecule has 1 aliphatic heterocycles. The number of amides is 1. The highest BCUT2D eigenvalue weighted by Crippen LogP contribution is 2.36. The Morgan fingerprint density at radius 2 is 2.15 bits per heavy atom. The van der Waals surface area contributed by atoms with Crippen LogP contribution in [0, 0.1) is 0 Å². The fourth-order valence-electron chi connectivity index (χ4n) is 2.32. The molecule has 0 radical (unpaired) electrons. The minimum absolute atomic E-state index is 0.0201. The average Bonchev–Trinajstić information content (AvgIpc) is 2.76. The van der Waals surface area contributed by atoms with Crippen LogP contribution in [0.4, 0.5) is 18.9 Å². The van der Waals surface area contributed by atoms with Gasteiger partial charge in [-0.25, -0.2) is 0 Å². The molecule has 110 valence electrons. The van der Waals surface area contributed by atoms with Gasteiger partial charge in [-0.05, 0) is 44.6 Å². The van der Waals surface area contributed by atoms with Crippen molar-refractivity contribution in [3.05, 3.63) is 28.8 Å². The van der Waals surface area contributed by atoms with Crippen LogP contribution in [-0.2, 0) is 11.0 Å². The summed E-state index contributed by atoms with van der Waals surface area (Å²) in [7, 11) is 1.78. The molecule has 2 rings (SSSR count). The largest absolute Gasteiger partial charge is 0.418 e. The zero-order chi connectivity index (χ0) is 14.9. The molecular formula is C13H14ClF3N2O. The average molecular weight is 307 g/mol. The molecule has 1 heterocycles. The maximum Gasteiger partial charge on any atom is 0.418 e. The zero-order valence-electron chi connectivity index (χ0n) is 10.8. The number of rotatable bonds is 2. The standard InChI is InChI=1S/C13H14ClF3N2O/c1-19-6-2-3-11(19)12(20)18-10-5-4-8(14)7-9(10)13(15,16)17/h4-5,7,11H,2-3,6H2,1H3,(H,18,20). The number of halogens is 4. The summed E-state index contributed by atoms with van der Waals surface area (Å²) in [5.41, 5.74) is -1.19. The molecule has 0 spiro atoms. The van der Waals surface area contributed by atoms with Crippen LogP contribution >= 0.6 is 11.6 Å². The summed E-state index contributed by atoms with van der Waals surface area (Å²) in [6.07, 6.45) is -3.05. The summed E-state index contributed by atoms with van der Waals surface area (Å²) in [5.74, 6) is -0.419. The van der Waals surface area contributed by atoms with E-state index in [1.807, 2.05) is 4.90 Å². The van der Waals surface area contributed by atoms with Crippen molar-refractivity contribution in [2.24, 2.45) is 0 Å². The zero-order valence-corrected chi connectivity index (χ0v) is 11.6. The Hall–Kier alpha value is -1.27. The third-order valence-electron chi connectivity index (χ3n) is 3.37. The van der Waals surface area contributed by atoms with Gasteiger partial charge in [-0.1, -0.05) is 11.6 Å². The first-order chi connectivity index (χ1) is 9.29. The number of hydrogen-bond donors (Lipinski definition) is 1. The van der Waals surface area contributed by atoms with Gasteiger partial charge in [0.25, 0.3) is 0 Å². The van der Waals surface area contributed by atoms with Gasteiger partial charge in [-0.2, -0.15) is 13.2 Å². The Kier molecular flexibility index (Phi) is 4.25. The number of likely N-dealkylation sites (N-methyl/N-ethyl adjacent to an activating group) is 1. The number of anilines is 1. The molecule has 3 nitrogen and oxygen atoms in total. The van der Waals surface area contributed by atoms with Gasteiger partial charge in [0.2, 0.25) is 5.91 Å². The number of carbonyl (C=O) groups excluding carboxylic acids is 1. The van der Waals surface area contributed by atoms with E-state index >= 15 is 0 Å². The van der Waals surface area contributed by atoms with E-state index in [4.69, 9.17) is 11.6 Å². The summed E-state index contributed by atoms with van der Waals surface area (Å²) < 4.78 is 38.7. The minimum atomic E-state index is -4.56. The SMILES string of the molecule is CN1CCCC1C(=O)Nc1ccc(Cl)cc1C(F)(F)F. The number of likely N-dealkylation sites (tertiary alicyclic amines) is 1. The molecule has 0 aliphatic carbocycles. The number of alkyl halides is 3. The van der Waals surface area contributed by atoms with Crippen molar-refractivity contribution in [3.8, 4) is 0 Å². The van der Waals surface area contributed by atoms with Gasteiger partial charge >= 0.3 is 6.18 Å². The van der Waals surface area contributed by atoms with Crippen molar-refractivity contribution < 1.29 is 18.0 Å². The highest BCUT2D eigenvalue weighted by atomic mass is 35.5. The third kappa shape index (κ3) is 3.24. The Bertz CT molecular complexity index is 519. The number of carbonyl (C=O) groups is 1. The van der Waals surface area contributed by atoms with Crippen molar-refractivity contribution >= 4 is 23.2 Å².